The number of nitrogens with zero attached hydrogens (tertiary/aromatic N) is 2. The molecular formula is C9H9BrN2O2. The number of pyridine rings is 1. The number of fused-ring (bicyclic) bond motifs is 1. The van der Waals surface area contributed by atoms with Gasteiger partial charge in [-0.25, -0.2) is 4.52 Å². The first kappa shape index (κ1) is 9.48. The molecular weight excluding hydrogens is 248 g/mol. The quantitative estimate of drug-likeness (QED) is 0.888. The normalized spacial score (nSPS) is 10.8. The smallest absolute Gasteiger partial charge is 0.146 e. The Kier molecular flexibility index (Phi) is 2.43. The van der Waals surface area contributed by atoms with E-state index in [1.165, 1.54) is 0 Å². The average molecular weight is 257 g/mol. The van der Waals surface area contributed by atoms with Crippen molar-refractivity contribution in [2.45, 2.75) is 6.61 Å². The van der Waals surface area contributed by atoms with Gasteiger partial charge in [0, 0.05) is 16.2 Å². The molecule has 1 N–H and O–H groups in total. The molecule has 0 saturated carbocycles. The standard InChI is InChI=1S/C9H9BrN2O2/c1-14-8-2-7(10)4-12-9(8)6(5-13)3-11-12/h2-4,13H,5H2,1H3. The molecule has 74 valence electrons. The number of aliphatic hydroxyl groups excluding tert-OH is 1. The number of methoxy groups -OCH3 is 1. The van der Waals surface area contributed by atoms with Gasteiger partial charge in [-0.15, -0.1) is 0 Å². The zero-order chi connectivity index (χ0) is 10.1. The highest BCUT2D eigenvalue weighted by Gasteiger charge is 2.09. The fourth-order valence-corrected chi connectivity index (χ4v) is 1.79. The molecule has 0 radical (unpaired) electrons. The second-order valence-corrected chi connectivity index (χ2v) is 3.76. The van der Waals surface area contributed by atoms with Crippen molar-refractivity contribution in [1.29, 1.82) is 0 Å². The van der Waals surface area contributed by atoms with Crippen LogP contribution in [0.15, 0.2) is 22.9 Å². The van der Waals surface area contributed by atoms with Crippen molar-refractivity contribution < 1.29 is 9.84 Å². The summed E-state index contributed by atoms with van der Waals surface area (Å²) >= 11 is 3.35. The third-order valence-electron chi connectivity index (χ3n) is 2.01. The molecule has 14 heavy (non-hydrogen) atoms. The van der Waals surface area contributed by atoms with E-state index in [2.05, 4.69) is 21.0 Å². The van der Waals surface area contributed by atoms with E-state index in [0.717, 1.165) is 15.6 Å². The van der Waals surface area contributed by atoms with Gasteiger partial charge in [-0.05, 0) is 22.0 Å². The highest BCUT2D eigenvalue weighted by Crippen LogP contribution is 2.26. The first-order valence-electron chi connectivity index (χ1n) is 4.07. The van der Waals surface area contributed by atoms with E-state index in [1.807, 2.05) is 12.3 Å². The number of ether oxygens (including phenoxy) is 1. The summed E-state index contributed by atoms with van der Waals surface area (Å²) in [6.45, 7) is -0.0402. The Morgan fingerprint density at radius 1 is 1.64 bits per heavy atom. The Morgan fingerprint density at radius 2 is 2.43 bits per heavy atom. The molecule has 0 bridgehead atoms. The molecule has 0 aliphatic carbocycles. The second-order valence-electron chi connectivity index (χ2n) is 2.85. The molecule has 2 rings (SSSR count). The van der Waals surface area contributed by atoms with E-state index < -0.39 is 0 Å². The number of halogens is 1. The number of aliphatic hydroxyl groups is 1. The van der Waals surface area contributed by atoms with E-state index in [9.17, 15) is 0 Å². The first-order chi connectivity index (χ1) is 6.76. The molecule has 0 aromatic carbocycles. The lowest BCUT2D eigenvalue weighted by atomic mass is 10.2. The number of hydrogen-bond acceptors (Lipinski definition) is 3. The Hall–Kier alpha value is -1.07. The lowest BCUT2D eigenvalue weighted by Gasteiger charge is -2.04. The van der Waals surface area contributed by atoms with Crippen LogP contribution in [0.5, 0.6) is 5.75 Å². The Balaban J connectivity index is 2.78. The number of rotatable bonds is 2. The summed E-state index contributed by atoms with van der Waals surface area (Å²) in [4.78, 5) is 0. The van der Waals surface area contributed by atoms with Crippen LogP contribution in [0, 0.1) is 0 Å². The minimum atomic E-state index is -0.0402. The summed E-state index contributed by atoms with van der Waals surface area (Å²) in [6.07, 6.45) is 3.45. The van der Waals surface area contributed by atoms with Gasteiger partial charge >= 0.3 is 0 Å². The molecule has 0 saturated heterocycles. The summed E-state index contributed by atoms with van der Waals surface area (Å²) < 4.78 is 7.77. The maximum absolute atomic E-state index is 9.09. The summed E-state index contributed by atoms with van der Waals surface area (Å²) in [5.74, 6) is 0.695. The van der Waals surface area contributed by atoms with Crippen LogP contribution in [0.4, 0.5) is 0 Å². The molecule has 0 amide bonds. The topological polar surface area (TPSA) is 46.8 Å². The van der Waals surface area contributed by atoms with Crippen molar-refractivity contribution in [3.63, 3.8) is 0 Å². The van der Waals surface area contributed by atoms with Crippen LogP contribution in [0.25, 0.3) is 5.52 Å². The van der Waals surface area contributed by atoms with Crippen molar-refractivity contribution in [3.05, 3.63) is 28.5 Å². The van der Waals surface area contributed by atoms with E-state index in [1.54, 1.807) is 17.8 Å². The highest BCUT2D eigenvalue weighted by molar-refractivity contribution is 9.10. The van der Waals surface area contributed by atoms with Gasteiger partial charge in [-0.3, -0.25) is 0 Å². The van der Waals surface area contributed by atoms with Crippen LogP contribution in [0.3, 0.4) is 0 Å². The molecule has 0 spiro atoms. The first-order valence-corrected chi connectivity index (χ1v) is 4.86. The van der Waals surface area contributed by atoms with Gasteiger partial charge in [0.05, 0.1) is 19.9 Å². The van der Waals surface area contributed by atoms with E-state index >= 15 is 0 Å². The lowest BCUT2D eigenvalue weighted by molar-refractivity contribution is 0.283. The molecule has 2 heterocycles. The van der Waals surface area contributed by atoms with Gasteiger partial charge in [0.25, 0.3) is 0 Å². The van der Waals surface area contributed by atoms with Gasteiger partial charge in [0.15, 0.2) is 0 Å². The maximum atomic E-state index is 9.09. The average Bonchev–Trinajstić information content (AvgIpc) is 2.59. The van der Waals surface area contributed by atoms with Crippen LogP contribution in [-0.4, -0.2) is 21.8 Å². The van der Waals surface area contributed by atoms with Crippen molar-refractivity contribution in [2.75, 3.05) is 7.11 Å². The van der Waals surface area contributed by atoms with Crippen molar-refractivity contribution in [3.8, 4) is 5.75 Å². The number of hydrogen-bond donors (Lipinski definition) is 1. The van der Waals surface area contributed by atoms with E-state index in [0.29, 0.717) is 5.75 Å². The minimum absolute atomic E-state index is 0.0402. The predicted octanol–water partition coefficient (Wildman–Crippen LogP) is 1.60. The Bertz CT molecular complexity index is 467. The largest absolute Gasteiger partial charge is 0.494 e. The molecule has 0 aliphatic rings. The van der Waals surface area contributed by atoms with Crippen LogP contribution in [0.1, 0.15) is 5.56 Å². The van der Waals surface area contributed by atoms with Gasteiger partial charge in [0.1, 0.15) is 11.3 Å². The summed E-state index contributed by atoms with van der Waals surface area (Å²) in [5, 5.41) is 13.2. The molecule has 2 aromatic rings. The van der Waals surface area contributed by atoms with Crippen LogP contribution >= 0.6 is 15.9 Å². The fraction of sp³-hybridized carbons (Fsp3) is 0.222. The Labute approximate surface area is 89.2 Å². The molecule has 5 heteroatoms. The molecule has 0 aliphatic heterocycles. The summed E-state index contributed by atoms with van der Waals surface area (Å²) in [7, 11) is 1.59. The monoisotopic (exact) mass is 256 g/mol. The molecule has 4 nitrogen and oxygen atoms in total. The third kappa shape index (κ3) is 1.38. The Morgan fingerprint density at radius 3 is 3.07 bits per heavy atom. The lowest BCUT2D eigenvalue weighted by Crippen LogP contribution is -1.93. The van der Waals surface area contributed by atoms with Gasteiger partial charge in [-0.1, -0.05) is 0 Å². The zero-order valence-electron chi connectivity index (χ0n) is 7.57. The van der Waals surface area contributed by atoms with Crippen LogP contribution < -0.4 is 4.74 Å². The molecule has 0 atom stereocenters. The molecule has 2 aromatic heterocycles. The predicted molar refractivity (Wildman–Crippen MR) is 55.4 cm³/mol. The van der Waals surface area contributed by atoms with Gasteiger partial charge < -0.3 is 9.84 Å². The van der Waals surface area contributed by atoms with Crippen molar-refractivity contribution in [2.24, 2.45) is 0 Å². The number of aromatic nitrogens is 2. The van der Waals surface area contributed by atoms with Gasteiger partial charge in [-0.2, -0.15) is 5.10 Å². The zero-order valence-corrected chi connectivity index (χ0v) is 9.15. The highest BCUT2D eigenvalue weighted by atomic mass is 79.9. The van der Waals surface area contributed by atoms with E-state index in [4.69, 9.17) is 9.84 Å². The fourth-order valence-electron chi connectivity index (χ4n) is 1.39. The van der Waals surface area contributed by atoms with Crippen LogP contribution in [0.2, 0.25) is 0 Å². The SMILES string of the molecule is COc1cc(Br)cn2ncc(CO)c12. The van der Waals surface area contributed by atoms with Gasteiger partial charge in [0.2, 0.25) is 0 Å². The molecule has 0 fully saturated rings. The summed E-state index contributed by atoms with van der Waals surface area (Å²) in [5.41, 5.74) is 1.56. The van der Waals surface area contributed by atoms with Crippen LogP contribution in [-0.2, 0) is 6.61 Å². The van der Waals surface area contributed by atoms with Crippen molar-refractivity contribution >= 4 is 21.4 Å². The van der Waals surface area contributed by atoms with E-state index in [-0.39, 0.29) is 6.61 Å². The second kappa shape index (κ2) is 3.59. The summed E-state index contributed by atoms with van der Waals surface area (Å²) in [6, 6.07) is 1.84. The third-order valence-corrected chi connectivity index (χ3v) is 2.44. The molecule has 0 unspecified atom stereocenters. The van der Waals surface area contributed by atoms with Crippen molar-refractivity contribution in [1.82, 2.24) is 9.61 Å². The maximum Gasteiger partial charge on any atom is 0.146 e. The minimum Gasteiger partial charge on any atom is -0.494 e.